The number of methoxy groups -OCH3 is 1. The second kappa shape index (κ2) is 8.39. The summed E-state index contributed by atoms with van der Waals surface area (Å²) in [7, 11) is -2.29. The van der Waals surface area contributed by atoms with Crippen molar-refractivity contribution in [2.45, 2.75) is 62.3 Å². The van der Waals surface area contributed by atoms with Crippen LogP contribution in [0.2, 0.25) is 0 Å². The molecule has 7 heteroatoms. The first-order valence-corrected chi connectivity index (χ1v) is 11.0. The molecule has 2 aliphatic rings. The van der Waals surface area contributed by atoms with Gasteiger partial charge in [-0.3, -0.25) is 4.79 Å². The van der Waals surface area contributed by atoms with Gasteiger partial charge in [0.15, 0.2) is 0 Å². The smallest absolute Gasteiger partial charge is 0.251 e. The van der Waals surface area contributed by atoms with Crippen LogP contribution >= 0.6 is 0 Å². The fourth-order valence-corrected chi connectivity index (χ4v) is 5.41. The normalized spacial score (nSPS) is 19.0. The van der Waals surface area contributed by atoms with Crippen molar-refractivity contribution < 1.29 is 17.9 Å². The molecule has 2 fully saturated rings. The standard InChI is InChI=1S/C19H28N2O4S/c1-25-17-11-10-15(19(22)20-13-14-6-2-3-7-14)12-18(17)26(23,24)21-16-8-4-5-9-16/h10-12,14,16,21H,2-9,13H2,1H3,(H,20,22). The van der Waals surface area contributed by atoms with E-state index < -0.39 is 10.0 Å². The predicted molar refractivity (Wildman–Crippen MR) is 99.9 cm³/mol. The van der Waals surface area contributed by atoms with E-state index in [4.69, 9.17) is 4.74 Å². The van der Waals surface area contributed by atoms with Gasteiger partial charge >= 0.3 is 0 Å². The number of benzene rings is 1. The summed E-state index contributed by atoms with van der Waals surface area (Å²) in [6.45, 7) is 0.646. The molecule has 0 heterocycles. The Labute approximate surface area is 155 Å². The van der Waals surface area contributed by atoms with Gasteiger partial charge in [-0.1, -0.05) is 25.7 Å². The highest BCUT2D eigenvalue weighted by Crippen LogP contribution is 2.28. The highest BCUT2D eigenvalue weighted by molar-refractivity contribution is 7.89. The van der Waals surface area contributed by atoms with Crippen LogP contribution in [0.3, 0.4) is 0 Å². The molecule has 0 saturated heterocycles. The summed E-state index contributed by atoms with van der Waals surface area (Å²) in [5.74, 6) is 0.546. The summed E-state index contributed by atoms with van der Waals surface area (Å²) >= 11 is 0. The van der Waals surface area contributed by atoms with E-state index in [1.54, 1.807) is 12.1 Å². The quantitative estimate of drug-likeness (QED) is 0.762. The van der Waals surface area contributed by atoms with E-state index in [-0.39, 0.29) is 22.6 Å². The van der Waals surface area contributed by atoms with E-state index in [1.165, 1.54) is 26.0 Å². The molecule has 26 heavy (non-hydrogen) atoms. The number of nitrogens with one attached hydrogen (secondary N) is 2. The Hall–Kier alpha value is -1.60. The molecule has 144 valence electrons. The molecule has 1 aromatic carbocycles. The molecule has 3 rings (SSSR count). The fourth-order valence-electron chi connectivity index (χ4n) is 3.91. The average Bonchev–Trinajstić information content (AvgIpc) is 3.32. The van der Waals surface area contributed by atoms with Crippen molar-refractivity contribution in [2.24, 2.45) is 5.92 Å². The van der Waals surface area contributed by atoms with Gasteiger partial charge in [-0.05, 0) is 49.8 Å². The molecule has 2 aliphatic carbocycles. The summed E-state index contributed by atoms with van der Waals surface area (Å²) in [4.78, 5) is 12.5. The number of hydrogen-bond acceptors (Lipinski definition) is 4. The number of rotatable bonds is 7. The molecule has 0 radical (unpaired) electrons. The van der Waals surface area contributed by atoms with E-state index in [1.807, 2.05) is 0 Å². The molecule has 0 aromatic heterocycles. The molecule has 6 nitrogen and oxygen atoms in total. The van der Waals surface area contributed by atoms with E-state index in [9.17, 15) is 13.2 Å². The number of ether oxygens (including phenoxy) is 1. The SMILES string of the molecule is COc1ccc(C(=O)NCC2CCCC2)cc1S(=O)(=O)NC1CCCC1. The number of hydrogen-bond donors (Lipinski definition) is 2. The van der Waals surface area contributed by atoms with Crippen molar-refractivity contribution in [3.63, 3.8) is 0 Å². The van der Waals surface area contributed by atoms with Crippen LogP contribution in [0.15, 0.2) is 23.1 Å². The average molecular weight is 381 g/mol. The number of sulfonamides is 1. The van der Waals surface area contributed by atoms with Crippen LogP contribution in [0.1, 0.15) is 61.7 Å². The molecule has 1 amide bonds. The maximum Gasteiger partial charge on any atom is 0.251 e. The first-order chi connectivity index (χ1) is 12.5. The second-order valence-corrected chi connectivity index (χ2v) is 9.01. The molecule has 0 aliphatic heterocycles. The topological polar surface area (TPSA) is 84.5 Å². The van der Waals surface area contributed by atoms with Gasteiger partial charge in [0.2, 0.25) is 10.0 Å². The lowest BCUT2D eigenvalue weighted by atomic mass is 10.1. The Morgan fingerprint density at radius 1 is 1.12 bits per heavy atom. The summed E-state index contributed by atoms with van der Waals surface area (Å²) in [5.41, 5.74) is 0.343. The molecular weight excluding hydrogens is 352 g/mol. The fraction of sp³-hybridized carbons (Fsp3) is 0.632. The van der Waals surface area contributed by atoms with E-state index in [0.29, 0.717) is 18.0 Å². The van der Waals surface area contributed by atoms with Crippen molar-refractivity contribution in [2.75, 3.05) is 13.7 Å². The molecule has 0 bridgehead atoms. The molecular formula is C19H28N2O4S. The van der Waals surface area contributed by atoms with Gasteiger partial charge in [-0.2, -0.15) is 0 Å². The highest BCUT2D eigenvalue weighted by atomic mass is 32.2. The Bertz CT molecular complexity index is 736. The van der Waals surface area contributed by atoms with Crippen LogP contribution in [-0.4, -0.2) is 34.0 Å². The van der Waals surface area contributed by atoms with Gasteiger partial charge in [0.25, 0.3) is 5.91 Å². The molecule has 1 aromatic rings. The Kier molecular flexibility index (Phi) is 6.19. The summed E-state index contributed by atoms with van der Waals surface area (Å²) in [6, 6.07) is 4.54. The van der Waals surface area contributed by atoms with Crippen molar-refractivity contribution in [3.8, 4) is 5.75 Å². The summed E-state index contributed by atoms with van der Waals surface area (Å²) < 4.78 is 33.5. The number of amides is 1. The largest absolute Gasteiger partial charge is 0.495 e. The van der Waals surface area contributed by atoms with Gasteiger partial charge in [0, 0.05) is 18.2 Å². The predicted octanol–water partition coefficient (Wildman–Crippen LogP) is 2.84. The third-order valence-corrected chi connectivity index (χ3v) is 6.96. The third kappa shape index (κ3) is 4.57. The van der Waals surface area contributed by atoms with E-state index in [2.05, 4.69) is 10.0 Å². The molecule has 0 unspecified atom stereocenters. The van der Waals surface area contributed by atoms with Gasteiger partial charge in [-0.25, -0.2) is 13.1 Å². The van der Waals surface area contributed by atoms with Crippen LogP contribution in [-0.2, 0) is 10.0 Å². The maximum atomic E-state index is 12.8. The number of carbonyl (C=O) groups is 1. The lowest BCUT2D eigenvalue weighted by molar-refractivity contribution is 0.0947. The van der Waals surface area contributed by atoms with Crippen molar-refractivity contribution in [1.82, 2.24) is 10.0 Å². The zero-order valence-corrected chi connectivity index (χ0v) is 16.1. The van der Waals surface area contributed by atoms with Gasteiger partial charge in [0.05, 0.1) is 7.11 Å². The third-order valence-electron chi connectivity index (χ3n) is 5.42. The first-order valence-electron chi connectivity index (χ1n) is 9.48. The van der Waals surface area contributed by atoms with Crippen LogP contribution in [0, 0.1) is 5.92 Å². The van der Waals surface area contributed by atoms with E-state index in [0.717, 1.165) is 38.5 Å². The van der Waals surface area contributed by atoms with Gasteiger partial charge < -0.3 is 10.1 Å². The van der Waals surface area contributed by atoms with Crippen LogP contribution in [0.25, 0.3) is 0 Å². The monoisotopic (exact) mass is 380 g/mol. The minimum Gasteiger partial charge on any atom is -0.495 e. The van der Waals surface area contributed by atoms with Crippen LogP contribution in [0.5, 0.6) is 5.75 Å². The Morgan fingerprint density at radius 2 is 1.77 bits per heavy atom. The van der Waals surface area contributed by atoms with E-state index >= 15 is 0 Å². The molecule has 0 spiro atoms. The zero-order valence-electron chi connectivity index (χ0n) is 15.3. The zero-order chi connectivity index (χ0) is 18.6. The summed E-state index contributed by atoms with van der Waals surface area (Å²) in [5, 5.41) is 2.94. The number of carbonyl (C=O) groups excluding carboxylic acids is 1. The minimum absolute atomic E-state index is 0.0282. The van der Waals surface area contributed by atoms with Crippen molar-refractivity contribution in [1.29, 1.82) is 0 Å². The Morgan fingerprint density at radius 3 is 2.42 bits per heavy atom. The molecule has 2 saturated carbocycles. The minimum atomic E-state index is -3.73. The van der Waals surface area contributed by atoms with Crippen LogP contribution < -0.4 is 14.8 Å². The maximum absolute atomic E-state index is 12.8. The van der Waals surface area contributed by atoms with Gasteiger partial charge in [-0.15, -0.1) is 0 Å². The lowest BCUT2D eigenvalue weighted by Crippen LogP contribution is -2.33. The molecule has 0 atom stereocenters. The highest BCUT2D eigenvalue weighted by Gasteiger charge is 2.26. The Balaban J connectivity index is 1.75. The second-order valence-electron chi connectivity index (χ2n) is 7.33. The van der Waals surface area contributed by atoms with Crippen molar-refractivity contribution >= 4 is 15.9 Å². The molecule has 2 N–H and O–H groups in total. The van der Waals surface area contributed by atoms with Crippen molar-refractivity contribution in [3.05, 3.63) is 23.8 Å². The first kappa shape index (κ1) is 19.2. The van der Waals surface area contributed by atoms with Crippen LogP contribution in [0.4, 0.5) is 0 Å². The van der Waals surface area contributed by atoms with Gasteiger partial charge in [0.1, 0.15) is 10.6 Å². The summed E-state index contributed by atoms with van der Waals surface area (Å²) in [6.07, 6.45) is 8.51. The lowest BCUT2D eigenvalue weighted by Gasteiger charge is -2.16.